The predicted octanol–water partition coefficient (Wildman–Crippen LogP) is 12.1. The summed E-state index contributed by atoms with van der Waals surface area (Å²) in [6.07, 6.45) is 0. The Hall–Kier alpha value is -5.40. The number of fused-ring (bicyclic) bond motifs is 7. The first kappa shape index (κ1) is 24.2. The second-order valence-electron chi connectivity index (χ2n) is 11.7. The summed E-state index contributed by atoms with van der Waals surface area (Å²) >= 11 is 0. The Kier molecular flexibility index (Phi) is 5.10. The van der Waals surface area contributed by atoms with Crippen LogP contribution in [0.3, 0.4) is 0 Å². The fourth-order valence-electron chi connectivity index (χ4n) is 7.40. The third-order valence-corrected chi connectivity index (χ3v) is 9.45. The molecule has 1 heterocycles. The summed E-state index contributed by atoms with van der Waals surface area (Å²) in [4.78, 5) is 0. The van der Waals surface area contributed by atoms with Gasteiger partial charge in [0.1, 0.15) is 11.2 Å². The number of furan rings is 1. The highest BCUT2D eigenvalue weighted by Gasteiger charge is 2.17. The first-order valence-electron chi connectivity index (χ1n) is 14.9. The zero-order valence-corrected chi connectivity index (χ0v) is 24.1. The van der Waals surface area contributed by atoms with Crippen LogP contribution >= 0.6 is 0 Å². The normalized spacial score (nSPS) is 12.0. The molecular formula is C42H28O. The van der Waals surface area contributed by atoms with E-state index in [4.69, 9.17) is 4.42 Å². The molecule has 0 aliphatic rings. The third kappa shape index (κ3) is 3.46. The second kappa shape index (κ2) is 9.05. The van der Waals surface area contributed by atoms with E-state index >= 15 is 0 Å². The molecule has 0 fully saturated rings. The van der Waals surface area contributed by atoms with Gasteiger partial charge in [0.05, 0.1) is 0 Å². The maximum absolute atomic E-state index is 6.55. The molecule has 0 saturated heterocycles. The van der Waals surface area contributed by atoms with Crippen LogP contribution in [-0.4, -0.2) is 0 Å². The van der Waals surface area contributed by atoms with Crippen LogP contribution in [0.5, 0.6) is 0 Å². The molecule has 1 nitrogen and oxygen atoms in total. The summed E-state index contributed by atoms with van der Waals surface area (Å²) in [5.41, 5.74) is 9.40. The van der Waals surface area contributed by atoms with Crippen LogP contribution in [0.4, 0.5) is 0 Å². The molecule has 0 bridgehead atoms. The maximum Gasteiger partial charge on any atom is 0.136 e. The van der Waals surface area contributed by atoms with Gasteiger partial charge in [-0.25, -0.2) is 0 Å². The molecule has 0 aliphatic heterocycles. The lowest BCUT2D eigenvalue weighted by Crippen LogP contribution is -1.89. The van der Waals surface area contributed by atoms with Crippen molar-refractivity contribution in [2.24, 2.45) is 0 Å². The van der Waals surface area contributed by atoms with Crippen LogP contribution in [0.15, 0.2) is 138 Å². The van der Waals surface area contributed by atoms with Gasteiger partial charge in [0.2, 0.25) is 0 Å². The summed E-state index contributed by atoms with van der Waals surface area (Å²) < 4.78 is 6.55. The van der Waals surface area contributed by atoms with Crippen molar-refractivity contribution in [3.05, 3.63) is 145 Å². The van der Waals surface area contributed by atoms with Gasteiger partial charge in [-0.15, -0.1) is 0 Å². The topological polar surface area (TPSA) is 13.1 Å². The zero-order chi connectivity index (χ0) is 28.7. The Morgan fingerprint density at radius 2 is 0.721 bits per heavy atom. The molecule has 9 aromatic rings. The molecule has 202 valence electrons. The number of hydrogen-bond acceptors (Lipinski definition) is 1. The SMILES string of the molecule is Cc1c2ccccc2c(-c2ccc3c(c2)oc2ccc(-c4c5ccccc5c(C)c5ccccc45)cc23)c2ccccc12. The van der Waals surface area contributed by atoms with Crippen LogP contribution in [0.1, 0.15) is 11.1 Å². The van der Waals surface area contributed by atoms with Crippen LogP contribution in [0.25, 0.3) is 87.3 Å². The average Bonchev–Trinajstić information content (AvgIpc) is 3.42. The Morgan fingerprint density at radius 3 is 1.19 bits per heavy atom. The van der Waals surface area contributed by atoms with Gasteiger partial charge >= 0.3 is 0 Å². The lowest BCUT2D eigenvalue weighted by Gasteiger charge is -2.15. The molecule has 0 amide bonds. The minimum Gasteiger partial charge on any atom is -0.456 e. The lowest BCUT2D eigenvalue weighted by molar-refractivity contribution is 0.669. The molecule has 0 N–H and O–H groups in total. The summed E-state index contributed by atoms with van der Waals surface area (Å²) in [5, 5.41) is 12.6. The van der Waals surface area contributed by atoms with E-state index < -0.39 is 0 Å². The maximum atomic E-state index is 6.55. The van der Waals surface area contributed by atoms with E-state index in [0.717, 1.165) is 21.9 Å². The van der Waals surface area contributed by atoms with Crippen molar-refractivity contribution in [3.63, 3.8) is 0 Å². The summed E-state index contributed by atoms with van der Waals surface area (Å²) in [7, 11) is 0. The van der Waals surface area contributed by atoms with Crippen LogP contribution in [0.2, 0.25) is 0 Å². The third-order valence-electron chi connectivity index (χ3n) is 9.45. The largest absolute Gasteiger partial charge is 0.456 e. The Bertz CT molecular complexity index is 2470. The molecule has 0 spiro atoms. The molecule has 0 aliphatic carbocycles. The molecule has 1 aromatic heterocycles. The molecule has 0 atom stereocenters. The Balaban J connectivity index is 1.29. The van der Waals surface area contributed by atoms with E-state index in [9.17, 15) is 0 Å². The lowest BCUT2D eigenvalue weighted by atomic mass is 9.88. The van der Waals surface area contributed by atoms with Crippen molar-refractivity contribution in [1.29, 1.82) is 0 Å². The monoisotopic (exact) mass is 548 g/mol. The summed E-state index contributed by atoms with van der Waals surface area (Å²) in [6, 6.07) is 48.5. The molecule has 43 heavy (non-hydrogen) atoms. The number of rotatable bonds is 2. The number of benzene rings is 8. The Labute approximate surface area is 249 Å². The van der Waals surface area contributed by atoms with Crippen LogP contribution < -0.4 is 0 Å². The number of aryl methyl sites for hydroxylation is 2. The van der Waals surface area contributed by atoms with E-state index in [1.54, 1.807) is 0 Å². The summed E-state index contributed by atoms with van der Waals surface area (Å²) in [6.45, 7) is 4.47. The molecule has 9 rings (SSSR count). The van der Waals surface area contributed by atoms with E-state index in [-0.39, 0.29) is 0 Å². The predicted molar refractivity (Wildman–Crippen MR) is 184 cm³/mol. The molecule has 0 unspecified atom stereocenters. The van der Waals surface area contributed by atoms with Gasteiger partial charge in [-0.05, 0) is 115 Å². The second-order valence-corrected chi connectivity index (χ2v) is 11.7. The van der Waals surface area contributed by atoms with Crippen LogP contribution in [-0.2, 0) is 0 Å². The van der Waals surface area contributed by atoms with Gasteiger partial charge in [0.25, 0.3) is 0 Å². The fourth-order valence-corrected chi connectivity index (χ4v) is 7.40. The molecule has 8 aromatic carbocycles. The van der Waals surface area contributed by atoms with Gasteiger partial charge in [0, 0.05) is 10.8 Å². The Morgan fingerprint density at radius 1 is 0.326 bits per heavy atom. The van der Waals surface area contributed by atoms with Gasteiger partial charge in [-0.2, -0.15) is 0 Å². The molecule has 0 radical (unpaired) electrons. The van der Waals surface area contributed by atoms with Gasteiger partial charge < -0.3 is 4.42 Å². The highest BCUT2D eigenvalue weighted by atomic mass is 16.3. The molecule has 1 heteroatoms. The van der Waals surface area contributed by atoms with Crippen molar-refractivity contribution >= 4 is 65.0 Å². The van der Waals surface area contributed by atoms with Crippen molar-refractivity contribution in [1.82, 2.24) is 0 Å². The first-order valence-corrected chi connectivity index (χ1v) is 14.9. The number of hydrogen-bond donors (Lipinski definition) is 0. The molecular weight excluding hydrogens is 520 g/mol. The fraction of sp³-hybridized carbons (Fsp3) is 0.0476. The smallest absolute Gasteiger partial charge is 0.136 e. The van der Waals surface area contributed by atoms with Gasteiger partial charge in [0.15, 0.2) is 0 Å². The standard InChI is InChI=1S/C42H28O/c1-25-29-11-3-7-15-34(29)41(35-16-8-4-12-30(25)35)27-20-22-39-38(23-27)33-21-19-28(24-40(33)43-39)42-36-17-9-5-13-31(36)26(2)32-14-6-10-18-37(32)42/h3-24H,1-2H3. The van der Waals surface area contributed by atoms with Gasteiger partial charge in [-0.3, -0.25) is 0 Å². The van der Waals surface area contributed by atoms with Crippen molar-refractivity contribution in [2.45, 2.75) is 13.8 Å². The highest BCUT2D eigenvalue weighted by molar-refractivity contribution is 6.18. The minimum atomic E-state index is 0.912. The van der Waals surface area contributed by atoms with E-state index in [1.807, 2.05) is 0 Å². The van der Waals surface area contributed by atoms with Crippen molar-refractivity contribution in [3.8, 4) is 22.3 Å². The van der Waals surface area contributed by atoms with Crippen molar-refractivity contribution < 1.29 is 4.42 Å². The van der Waals surface area contributed by atoms with Crippen molar-refractivity contribution in [2.75, 3.05) is 0 Å². The van der Waals surface area contributed by atoms with Gasteiger partial charge in [-0.1, -0.05) is 109 Å². The molecule has 0 saturated carbocycles. The average molecular weight is 549 g/mol. The highest BCUT2D eigenvalue weighted by Crippen LogP contribution is 2.43. The summed E-state index contributed by atoms with van der Waals surface area (Å²) in [5.74, 6) is 0. The first-order chi connectivity index (χ1) is 21.2. The zero-order valence-electron chi connectivity index (χ0n) is 24.1. The van der Waals surface area contributed by atoms with E-state index in [1.165, 1.54) is 76.5 Å². The van der Waals surface area contributed by atoms with E-state index in [0.29, 0.717) is 0 Å². The minimum absolute atomic E-state index is 0.912. The van der Waals surface area contributed by atoms with Crippen LogP contribution in [0, 0.1) is 13.8 Å². The van der Waals surface area contributed by atoms with E-state index in [2.05, 4.69) is 147 Å². The quantitative estimate of drug-likeness (QED) is 0.196.